The molecule has 1 aromatic carbocycles. The Morgan fingerprint density at radius 1 is 1.00 bits per heavy atom. The van der Waals surface area contributed by atoms with Gasteiger partial charge in [-0.05, 0) is 24.5 Å². The maximum Gasteiger partial charge on any atom is 0.206 e. The Morgan fingerprint density at radius 2 is 1.75 bits per heavy atom. The van der Waals surface area contributed by atoms with Crippen LogP contribution >= 0.6 is 23.5 Å². The molecular weight excluding hydrogens is 336 g/mol. The second kappa shape index (κ2) is 7.86. The monoisotopic (exact) mass is 354 g/mol. The van der Waals surface area contributed by atoms with Gasteiger partial charge in [0.15, 0.2) is 5.78 Å². The highest BCUT2D eigenvalue weighted by Gasteiger charge is 2.27. The zero-order chi connectivity index (χ0) is 16.9. The van der Waals surface area contributed by atoms with Gasteiger partial charge >= 0.3 is 0 Å². The van der Waals surface area contributed by atoms with E-state index in [9.17, 15) is 9.59 Å². The van der Waals surface area contributed by atoms with Gasteiger partial charge in [0.2, 0.25) is 5.78 Å². The molecule has 24 heavy (non-hydrogen) atoms. The van der Waals surface area contributed by atoms with Crippen molar-refractivity contribution in [2.45, 2.75) is 23.5 Å². The van der Waals surface area contributed by atoms with E-state index in [0.717, 1.165) is 11.3 Å². The number of carbonyl (C=O) groups excluding carboxylic acids is 2. The molecule has 0 N–H and O–H groups in total. The predicted octanol–water partition coefficient (Wildman–Crippen LogP) is 4.95. The van der Waals surface area contributed by atoms with E-state index in [0.29, 0.717) is 15.7 Å². The van der Waals surface area contributed by atoms with Gasteiger partial charge in [-0.1, -0.05) is 61.2 Å². The van der Waals surface area contributed by atoms with Gasteiger partial charge in [0.1, 0.15) is 0 Å². The van der Waals surface area contributed by atoms with E-state index < -0.39 is 0 Å². The molecule has 0 aliphatic heterocycles. The molecule has 0 aromatic heterocycles. The summed E-state index contributed by atoms with van der Waals surface area (Å²) in [4.78, 5) is 26.8. The van der Waals surface area contributed by atoms with Crippen molar-refractivity contribution < 1.29 is 9.59 Å². The summed E-state index contributed by atoms with van der Waals surface area (Å²) in [5.41, 5.74) is 0. The lowest BCUT2D eigenvalue weighted by Crippen LogP contribution is -2.16. The third-order valence-corrected chi connectivity index (χ3v) is 6.33. The number of ketones is 2. The second-order valence-corrected chi connectivity index (χ2v) is 8.11. The van der Waals surface area contributed by atoms with E-state index in [2.05, 4.69) is 19.1 Å². The van der Waals surface area contributed by atoms with E-state index in [1.807, 2.05) is 42.5 Å². The summed E-state index contributed by atoms with van der Waals surface area (Å²) >= 11 is 2.85. The summed E-state index contributed by atoms with van der Waals surface area (Å²) in [7, 11) is 0. The number of hydrogen-bond acceptors (Lipinski definition) is 4. The molecule has 2 atom stereocenters. The number of hydrogen-bond donors (Lipinski definition) is 0. The Kier molecular flexibility index (Phi) is 5.59. The van der Waals surface area contributed by atoms with Crippen LogP contribution in [0.2, 0.25) is 0 Å². The van der Waals surface area contributed by atoms with Gasteiger partial charge in [-0.2, -0.15) is 0 Å². The molecule has 2 aliphatic rings. The minimum Gasteiger partial charge on any atom is -0.290 e. The van der Waals surface area contributed by atoms with Crippen LogP contribution in [0.15, 0.2) is 81.5 Å². The molecule has 0 bridgehead atoms. The molecule has 122 valence electrons. The summed E-state index contributed by atoms with van der Waals surface area (Å²) in [6, 6.07) is 9.66. The van der Waals surface area contributed by atoms with Crippen molar-refractivity contribution in [2.75, 3.05) is 0 Å². The van der Waals surface area contributed by atoms with Crippen LogP contribution in [0, 0.1) is 5.92 Å². The Bertz CT molecular complexity index is 757. The van der Waals surface area contributed by atoms with E-state index in [1.54, 1.807) is 0 Å². The Labute approximate surface area is 150 Å². The zero-order valence-electron chi connectivity index (χ0n) is 13.3. The summed E-state index contributed by atoms with van der Waals surface area (Å²) in [5, 5.41) is 0.198. The van der Waals surface area contributed by atoms with Gasteiger partial charge in [-0.15, -0.1) is 11.8 Å². The molecule has 0 fully saturated rings. The SMILES string of the molecule is CC1CC=CC=CC1SC1=CC(=O)C=C(Sc2ccccc2)C1=O. The predicted molar refractivity (Wildman–Crippen MR) is 102 cm³/mol. The van der Waals surface area contributed by atoms with Gasteiger partial charge in [0.05, 0.1) is 9.81 Å². The third-order valence-electron chi connectivity index (χ3n) is 3.85. The summed E-state index contributed by atoms with van der Waals surface area (Å²) in [6.45, 7) is 2.17. The lowest BCUT2D eigenvalue weighted by atomic mass is 10.1. The summed E-state index contributed by atoms with van der Waals surface area (Å²) in [5.74, 6) is 0.259. The van der Waals surface area contributed by atoms with Crippen molar-refractivity contribution >= 4 is 35.1 Å². The molecule has 2 unspecified atom stereocenters. The molecule has 3 rings (SSSR count). The number of rotatable bonds is 4. The fourth-order valence-corrected chi connectivity index (χ4v) is 4.70. The first-order chi connectivity index (χ1) is 11.6. The Hall–Kier alpha value is -1.78. The molecule has 4 heteroatoms. The summed E-state index contributed by atoms with van der Waals surface area (Å²) < 4.78 is 0. The van der Waals surface area contributed by atoms with Crippen LogP contribution in [-0.4, -0.2) is 16.8 Å². The first kappa shape index (κ1) is 17.1. The first-order valence-electron chi connectivity index (χ1n) is 7.88. The number of carbonyl (C=O) groups is 2. The molecular formula is C20H18O2S2. The molecule has 2 nitrogen and oxygen atoms in total. The quantitative estimate of drug-likeness (QED) is 0.716. The molecule has 0 saturated heterocycles. The second-order valence-electron chi connectivity index (χ2n) is 5.77. The molecule has 0 saturated carbocycles. The van der Waals surface area contributed by atoms with Gasteiger partial charge in [0.25, 0.3) is 0 Å². The van der Waals surface area contributed by atoms with E-state index in [1.165, 1.54) is 35.7 Å². The Balaban J connectivity index is 1.75. The van der Waals surface area contributed by atoms with Crippen LogP contribution in [0.4, 0.5) is 0 Å². The molecule has 1 aromatic rings. The summed E-state index contributed by atoms with van der Waals surface area (Å²) in [6.07, 6.45) is 12.2. The topological polar surface area (TPSA) is 34.1 Å². The van der Waals surface area contributed by atoms with Gasteiger partial charge in [-0.3, -0.25) is 9.59 Å². The van der Waals surface area contributed by atoms with Crippen molar-refractivity contribution in [3.8, 4) is 0 Å². The normalized spacial score (nSPS) is 23.7. The van der Waals surface area contributed by atoms with Crippen molar-refractivity contribution in [3.05, 3.63) is 76.6 Å². The third kappa shape index (κ3) is 4.19. The van der Waals surface area contributed by atoms with Crippen LogP contribution in [0.3, 0.4) is 0 Å². The minimum absolute atomic E-state index is 0.0498. The standard InChI is InChI=1S/C20H18O2S2/c1-14-8-4-2-7-11-17(14)24-19-13-15(21)12-18(20(19)22)23-16-9-5-3-6-10-16/h2-7,9-14,17H,8H2,1H3. The van der Waals surface area contributed by atoms with Gasteiger partial charge in [0, 0.05) is 22.3 Å². The van der Waals surface area contributed by atoms with Crippen molar-refractivity contribution in [1.29, 1.82) is 0 Å². The van der Waals surface area contributed by atoms with Crippen LogP contribution in [0.25, 0.3) is 0 Å². The van der Waals surface area contributed by atoms with Crippen LogP contribution in [0.1, 0.15) is 13.3 Å². The van der Waals surface area contributed by atoms with E-state index >= 15 is 0 Å². The maximum absolute atomic E-state index is 12.8. The first-order valence-corrected chi connectivity index (χ1v) is 9.58. The fourth-order valence-electron chi connectivity index (χ4n) is 2.50. The van der Waals surface area contributed by atoms with Crippen LogP contribution in [0.5, 0.6) is 0 Å². The van der Waals surface area contributed by atoms with E-state index in [-0.39, 0.29) is 16.8 Å². The largest absolute Gasteiger partial charge is 0.290 e. The number of thioether (sulfide) groups is 2. The lowest BCUT2D eigenvalue weighted by molar-refractivity contribution is -0.114. The maximum atomic E-state index is 12.8. The molecule has 0 heterocycles. The van der Waals surface area contributed by atoms with Crippen molar-refractivity contribution in [2.24, 2.45) is 5.92 Å². The van der Waals surface area contributed by atoms with Crippen molar-refractivity contribution in [3.63, 3.8) is 0 Å². The number of benzene rings is 1. The van der Waals surface area contributed by atoms with E-state index in [4.69, 9.17) is 0 Å². The van der Waals surface area contributed by atoms with Gasteiger partial charge < -0.3 is 0 Å². The van der Waals surface area contributed by atoms with Gasteiger partial charge in [-0.25, -0.2) is 0 Å². The van der Waals surface area contributed by atoms with Crippen LogP contribution in [-0.2, 0) is 9.59 Å². The number of allylic oxidation sites excluding steroid dienone is 7. The highest BCUT2D eigenvalue weighted by Crippen LogP contribution is 2.38. The smallest absolute Gasteiger partial charge is 0.206 e. The average Bonchev–Trinajstić information content (AvgIpc) is 2.77. The molecule has 0 amide bonds. The molecule has 0 radical (unpaired) electrons. The zero-order valence-corrected chi connectivity index (χ0v) is 15.0. The highest BCUT2D eigenvalue weighted by molar-refractivity contribution is 8.06. The lowest BCUT2D eigenvalue weighted by Gasteiger charge is -2.21. The van der Waals surface area contributed by atoms with Crippen molar-refractivity contribution in [1.82, 2.24) is 0 Å². The van der Waals surface area contributed by atoms with Crippen LogP contribution < -0.4 is 0 Å². The Morgan fingerprint density at radius 3 is 2.54 bits per heavy atom. The molecule has 0 spiro atoms. The average molecular weight is 354 g/mol. The fraction of sp³-hybridized carbons (Fsp3) is 0.200. The minimum atomic E-state index is -0.112. The molecule has 2 aliphatic carbocycles. The number of Topliss-reactive ketones (excluding diaryl/α,β-unsaturated/α-hetero) is 1. The highest BCUT2D eigenvalue weighted by atomic mass is 32.2.